The van der Waals surface area contributed by atoms with Gasteiger partial charge >= 0.3 is 5.69 Å². The highest BCUT2D eigenvalue weighted by Crippen LogP contribution is 2.28. The van der Waals surface area contributed by atoms with Crippen molar-refractivity contribution in [1.29, 1.82) is 0 Å². The highest BCUT2D eigenvalue weighted by molar-refractivity contribution is 5.82. The third-order valence-corrected chi connectivity index (χ3v) is 3.11. The van der Waals surface area contributed by atoms with Crippen molar-refractivity contribution in [2.24, 2.45) is 0 Å². The highest BCUT2D eigenvalue weighted by atomic mass is 19.1. The van der Waals surface area contributed by atoms with E-state index in [0.717, 1.165) is 6.07 Å². The van der Waals surface area contributed by atoms with Gasteiger partial charge in [0, 0.05) is 38.3 Å². The quantitative estimate of drug-likeness (QED) is 0.632. The molecule has 0 spiro atoms. The molecule has 1 aromatic carbocycles. The van der Waals surface area contributed by atoms with Crippen LogP contribution in [0.4, 0.5) is 20.2 Å². The number of piperazine rings is 1. The number of nitro benzene ring substituents is 1. The topological polar surface area (TPSA) is 87.5 Å². The zero-order valence-corrected chi connectivity index (χ0v) is 11.1. The molecule has 114 valence electrons. The Morgan fingerprint density at radius 3 is 2.67 bits per heavy atom. The fourth-order valence-electron chi connectivity index (χ4n) is 2.08. The van der Waals surface area contributed by atoms with Crippen LogP contribution in [0, 0.1) is 21.7 Å². The molecule has 9 heteroatoms. The van der Waals surface area contributed by atoms with Crippen molar-refractivity contribution >= 4 is 17.3 Å². The van der Waals surface area contributed by atoms with E-state index in [-0.39, 0.29) is 18.1 Å². The Balaban J connectivity index is 2.08. The molecule has 0 atom stereocenters. The van der Waals surface area contributed by atoms with Crippen LogP contribution in [0.25, 0.3) is 0 Å². The van der Waals surface area contributed by atoms with Crippen molar-refractivity contribution in [2.45, 2.75) is 0 Å². The second-order valence-electron chi connectivity index (χ2n) is 4.53. The maximum absolute atomic E-state index is 13.4. The van der Waals surface area contributed by atoms with Gasteiger partial charge in [0.05, 0.1) is 11.5 Å². The molecule has 0 radical (unpaired) electrons. The number of carbonyl (C=O) groups is 1. The van der Waals surface area contributed by atoms with Crippen molar-refractivity contribution in [1.82, 2.24) is 10.2 Å². The van der Waals surface area contributed by atoms with Crippen LogP contribution in [0.15, 0.2) is 12.1 Å². The summed E-state index contributed by atoms with van der Waals surface area (Å²) >= 11 is 0. The third kappa shape index (κ3) is 3.63. The molecule has 1 aliphatic heterocycles. The summed E-state index contributed by atoms with van der Waals surface area (Å²) in [6.45, 7) is 2.13. The zero-order chi connectivity index (χ0) is 15.4. The van der Waals surface area contributed by atoms with Gasteiger partial charge < -0.3 is 15.5 Å². The van der Waals surface area contributed by atoms with Crippen LogP contribution in [0.5, 0.6) is 0 Å². The number of nitro groups is 1. The van der Waals surface area contributed by atoms with Crippen LogP contribution in [0.1, 0.15) is 0 Å². The predicted octanol–water partition coefficient (Wildman–Crippen LogP) is 0.717. The number of hydrogen-bond acceptors (Lipinski definition) is 5. The zero-order valence-electron chi connectivity index (χ0n) is 11.1. The van der Waals surface area contributed by atoms with Gasteiger partial charge in [-0.15, -0.1) is 0 Å². The molecule has 2 rings (SSSR count). The van der Waals surface area contributed by atoms with E-state index in [1.807, 2.05) is 0 Å². The highest BCUT2D eigenvalue weighted by Gasteiger charge is 2.23. The maximum Gasteiger partial charge on any atom is 0.327 e. The number of halogens is 2. The minimum atomic E-state index is -1.28. The van der Waals surface area contributed by atoms with Gasteiger partial charge in [0.2, 0.25) is 11.7 Å². The van der Waals surface area contributed by atoms with Crippen molar-refractivity contribution in [2.75, 3.05) is 38.0 Å². The Morgan fingerprint density at radius 2 is 2.05 bits per heavy atom. The lowest BCUT2D eigenvalue weighted by Crippen LogP contribution is -2.48. The largest absolute Gasteiger partial charge is 0.370 e. The summed E-state index contributed by atoms with van der Waals surface area (Å²) in [5.41, 5.74) is -1.22. The first-order chi connectivity index (χ1) is 9.99. The lowest BCUT2D eigenvalue weighted by atomic mass is 10.2. The summed E-state index contributed by atoms with van der Waals surface area (Å²) in [5.74, 6) is -2.51. The van der Waals surface area contributed by atoms with E-state index in [1.54, 1.807) is 4.90 Å². The van der Waals surface area contributed by atoms with E-state index in [2.05, 4.69) is 10.6 Å². The molecule has 1 aliphatic rings. The van der Waals surface area contributed by atoms with Gasteiger partial charge in [0.15, 0.2) is 0 Å². The monoisotopic (exact) mass is 300 g/mol. The standard InChI is InChI=1S/C12H14F2N4O3/c13-8-5-9(14)12(18(20)21)10(6-8)16-7-11(19)17-3-1-15-2-4-17/h5-6,15-16H,1-4,7H2. The van der Waals surface area contributed by atoms with Crippen LogP contribution in [-0.4, -0.2) is 48.5 Å². The van der Waals surface area contributed by atoms with Crippen LogP contribution >= 0.6 is 0 Å². The van der Waals surface area contributed by atoms with E-state index in [0.29, 0.717) is 32.2 Å². The summed E-state index contributed by atoms with van der Waals surface area (Å²) in [5, 5.41) is 16.3. The van der Waals surface area contributed by atoms with Crippen molar-refractivity contribution in [3.05, 3.63) is 33.9 Å². The molecule has 1 aromatic rings. The Morgan fingerprint density at radius 1 is 1.38 bits per heavy atom. The minimum Gasteiger partial charge on any atom is -0.370 e. The molecule has 1 heterocycles. The SMILES string of the molecule is O=C(CNc1cc(F)cc(F)c1[N+](=O)[O-])N1CCNCC1. The molecule has 1 fully saturated rings. The van der Waals surface area contributed by atoms with Crippen molar-refractivity contribution in [3.8, 4) is 0 Å². The molecule has 0 saturated carbocycles. The van der Waals surface area contributed by atoms with Gasteiger partial charge in [-0.3, -0.25) is 14.9 Å². The summed E-state index contributed by atoms with van der Waals surface area (Å²) in [6, 6.07) is 1.23. The fraction of sp³-hybridized carbons (Fsp3) is 0.417. The van der Waals surface area contributed by atoms with Crippen LogP contribution in [-0.2, 0) is 4.79 Å². The number of rotatable bonds is 4. The molecule has 0 unspecified atom stereocenters. The van der Waals surface area contributed by atoms with Crippen molar-refractivity contribution < 1.29 is 18.5 Å². The molecule has 2 N–H and O–H groups in total. The second kappa shape index (κ2) is 6.44. The molecule has 1 amide bonds. The Hall–Kier alpha value is -2.29. The second-order valence-corrected chi connectivity index (χ2v) is 4.53. The van der Waals surface area contributed by atoms with Crippen LogP contribution < -0.4 is 10.6 Å². The first kappa shape index (κ1) is 15.1. The van der Waals surface area contributed by atoms with Gasteiger partial charge in [0.25, 0.3) is 0 Å². The molecule has 0 aliphatic carbocycles. The number of amides is 1. The van der Waals surface area contributed by atoms with Gasteiger partial charge in [-0.1, -0.05) is 0 Å². The van der Waals surface area contributed by atoms with E-state index in [1.165, 1.54) is 0 Å². The first-order valence-corrected chi connectivity index (χ1v) is 6.35. The molecular formula is C12H14F2N4O3. The number of nitrogens with one attached hydrogen (secondary N) is 2. The summed E-state index contributed by atoms with van der Waals surface area (Å²) < 4.78 is 26.6. The number of nitrogens with zero attached hydrogens (tertiary/aromatic N) is 2. The van der Waals surface area contributed by atoms with Gasteiger partial charge in [0.1, 0.15) is 11.5 Å². The van der Waals surface area contributed by atoms with E-state index >= 15 is 0 Å². The molecule has 0 aromatic heterocycles. The van der Waals surface area contributed by atoms with Gasteiger partial charge in [-0.25, -0.2) is 4.39 Å². The van der Waals surface area contributed by atoms with E-state index in [4.69, 9.17) is 0 Å². The van der Waals surface area contributed by atoms with Gasteiger partial charge in [-0.05, 0) is 0 Å². The van der Waals surface area contributed by atoms with Crippen LogP contribution in [0.3, 0.4) is 0 Å². The molecular weight excluding hydrogens is 286 g/mol. The number of hydrogen-bond donors (Lipinski definition) is 2. The van der Waals surface area contributed by atoms with E-state index < -0.39 is 22.2 Å². The van der Waals surface area contributed by atoms with Crippen molar-refractivity contribution in [3.63, 3.8) is 0 Å². The third-order valence-electron chi connectivity index (χ3n) is 3.11. The average Bonchev–Trinajstić information content (AvgIpc) is 2.44. The average molecular weight is 300 g/mol. The Labute approximate surface area is 119 Å². The minimum absolute atomic E-state index is 0.260. The Kier molecular flexibility index (Phi) is 4.63. The number of benzene rings is 1. The molecule has 0 bridgehead atoms. The molecule has 7 nitrogen and oxygen atoms in total. The van der Waals surface area contributed by atoms with Gasteiger partial charge in [-0.2, -0.15) is 4.39 Å². The lowest BCUT2D eigenvalue weighted by molar-refractivity contribution is -0.386. The lowest BCUT2D eigenvalue weighted by Gasteiger charge is -2.27. The fourth-order valence-corrected chi connectivity index (χ4v) is 2.08. The summed E-state index contributed by atoms with van der Waals surface area (Å²) in [6.07, 6.45) is 0. The summed E-state index contributed by atoms with van der Waals surface area (Å²) in [7, 11) is 0. The maximum atomic E-state index is 13.4. The van der Waals surface area contributed by atoms with E-state index in [9.17, 15) is 23.7 Å². The predicted molar refractivity (Wildman–Crippen MR) is 71.0 cm³/mol. The normalized spacial score (nSPS) is 14.9. The first-order valence-electron chi connectivity index (χ1n) is 6.35. The number of carbonyl (C=O) groups excluding carboxylic acids is 1. The summed E-state index contributed by atoms with van der Waals surface area (Å²) in [4.78, 5) is 23.3. The number of anilines is 1. The molecule has 1 saturated heterocycles. The Bertz CT molecular complexity index is 562. The van der Waals surface area contributed by atoms with Crippen LogP contribution in [0.2, 0.25) is 0 Å². The smallest absolute Gasteiger partial charge is 0.327 e. The molecule has 21 heavy (non-hydrogen) atoms.